The molecule has 0 saturated carbocycles. The van der Waals surface area contributed by atoms with Crippen LogP contribution in [0.3, 0.4) is 0 Å². The van der Waals surface area contributed by atoms with Gasteiger partial charge >= 0.3 is 6.09 Å². The van der Waals surface area contributed by atoms with E-state index in [4.69, 9.17) is 10.5 Å². The number of nitrogens with zero attached hydrogens (tertiary/aromatic N) is 1. The summed E-state index contributed by atoms with van der Waals surface area (Å²) in [5.41, 5.74) is 6.63. The number of rotatable bonds is 7. The Kier molecular flexibility index (Phi) is 7.59. The molecule has 2 aromatic carbocycles. The Morgan fingerprint density at radius 3 is 2.40 bits per heavy atom. The van der Waals surface area contributed by atoms with Crippen molar-refractivity contribution in [3.63, 3.8) is 0 Å². The van der Waals surface area contributed by atoms with E-state index in [0.717, 1.165) is 6.42 Å². The summed E-state index contributed by atoms with van der Waals surface area (Å²) in [7, 11) is 0. The molecule has 0 unspecified atom stereocenters. The Bertz CT molecular complexity index is 904. The zero-order valence-corrected chi connectivity index (χ0v) is 18.4. The fraction of sp³-hybridized carbons (Fsp3) is 0.417. The lowest BCUT2D eigenvalue weighted by Crippen LogP contribution is -2.37. The molecule has 0 saturated heterocycles. The third-order valence-corrected chi connectivity index (χ3v) is 4.49. The van der Waals surface area contributed by atoms with E-state index in [1.54, 1.807) is 41.3 Å². The van der Waals surface area contributed by atoms with Crippen LogP contribution in [0.1, 0.15) is 57.0 Å². The maximum atomic E-state index is 14.9. The van der Waals surface area contributed by atoms with E-state index in [-0.39, 0.29) is 6.54 Å². The summed E-state index contributed by atoms with van der Waals surface area (Å²) in [4.78, 5) is 25.6. The second-order valence-electron chi connectivity index (χ2n) is 8.84. The molecule has 0 heterocycles. The van der Waals surface area contributed by atoms with Gasteiger partial charge in [0.1, 0.15) is 11.4 Å². The molecule has 0 radical (unpaired) electrons. The van der Waals surface area contributed by atoms with Crippen LogP contribution < -0.4 is 5.73 Å². The molecular formula is C24H31FN2O3. The van der Waals surface area contributed by atoms with Gasteiger partial charge in [0.15, 0.2) is 0 Å². The number of primary amides is 1. The van der Waals surface area contributed by atoms with Crippen molar-refractivity contribution < 1.29 is 18.7 Å². The number of amides is 2. The molecule has 0 aliphatic rings. The molecule has 0 bridgehead atoms. The van der Waals surface area contributed by atoms with Gasteiger partial charge in [0.05, 0.1) is 0 Å². The van der Waals surface area contributed by atoms with Crippen molar-refractivity contribution in [2.45, 2.75) is 53.2 Å². The smallest absolute Gasteiger partial charge is 0.410 e. The Balaban J connectivity index is 2.24. The van der Waals surface area contributed by atoms with Gasteiger partial charge in [-0.25, -0.2) is 9.18 Å². The van der Waals surface area contributed by atoms with Gasteiger partial charge in [-0.2, -0.15) is 0 Å². The van der Waals surface area contributed by atoms with Gasteiger partial charge in [-0.15, -0.1) is 0 Å². The van der Waals surface area contributed by atoms with Crippen LogP contribution in [0.4, 0.5) is 9.18 Å². The molecule has 5 nitrogen and oxygen atoms in total. The molecule has 2 amide bonds. The van der Waals surface area contributed by atoms with Gasteiger partial charge in [-0.1, -0.05) is 38.1 Å². The van der Waals surface area contributed by atoms with E-state index in [0.29, 0.717) is 34.7 Å². The van der Waals surface area contributed by atoms with E-state index < -0.39 is 23.4 Å². The molecule has 0 aliphatic heterocycles. The summed E-state index contributed by atoms with van der Waals surface area (Å²) in [6.45, 7) is 10.4. The molecule has 2 N–H and O–H groups in total. The van der Waals surface area contributed by atoms with Crippen molar-refractivity contribution in [3.8, 4) is 11.1 Å². The number of hydrogen-bond donors (Lipinski definition) is 1. The molecule has 0 aliphatic carbocycles. The largest absolute Gasteiger partial charge is 0.444 e. The minimum Gasteiger partial charge on any atom is -0.444 e. The number of ether oxygens (including phenoxy) is 1. The first-order valence-electron chi connectivity index (χ1n) is 10.1. The van der Waals surface area contributed by atoms with Gasteiger partial charge in [-0.3, -0.25) is 4.79 Å². The summed E-state index contributed by atoms with van der Waals surface area (Å²) in [5.74, 6) is -0.569. The zero-order valence-electron chi connectivity index (χ0n) is 18.4. The summed E-state index contributed by atoms with van der Waals surface area (Å²) >= 11 is 0. The lowest BCUT2D eigenvalue weighted by Gasteiger charge is -2.28. The molecule has 0 spiro atoms. The van der Waals surface area contributed by atoms with E-state index in [9.17, 15) is 14.0 Å². The Labute approximate surface area is 178 Å². The normalized spacial score (nSPS) is 11.4. The summed E-state index contributed by atoms with van der Waals surface area (Å²) < 4.78 is 20.4. The van der Waals surface area contributed by atoms with Crippen molar-refractivity contribution in [3.05, 3.63) is 59.4 Å². The summed E-state index contributed by atoms with van der Waals surface area (Å²) in [5, 5.41) is 0. The van der Waals surface area contributed by atoms with Crippen LogP contribution in [-0.4, -0.2) is 29.0 Å². The minimum absolute atomic E-state index is 0.250. The van der Waals surface area contributed by atoms with Gasteiger partial charge in [0.25, 0.3) is 0 Å². The fourth-order valence-electron chi connectivity index (χ4n) is 2.93. The predicted molar refractivity (Wildman–Crippen MR) is 116 cm³/mol. The maximum Gasteiger partial charge on any atom is 0.410 e. The molecule has 0 aromatic heterocycles. The molecular weight excluding hydrogens is 383 g/mol. The summed E-state index contributed by atoms with van der Waals surface area (Å²) in [6, 6.07) is 11.4. The van der Waals surface area contributed by atoms with Crippen LogP contribution in [0.15, 0.2) is 42.5 Å². The number of nitrogens with two attached hydrogens (primary N) is 1. The number of carbonyl (C=O) groups is 2. The Morgan fingerprint density at radius 1 is 1.13 bits per heavy atom. The van der Waals surface area contributed by atoms with Gasteiger partial charge in [0.2, 0.25) is 5.91 Å². The molecule has 162 valence electrons. The van der Waals surface area contributed by atoms with Crippen molar-refractivity contribution >= 4 is 12.0 Å². The van der Waals surface area contributed by atoms with Crippen LogP contribution in [-0.2, 0) is 11.3 Å². The molecule has 30 heavy (non-hydrogen) atoms. The van der Waals surface area contributed by atoms with E-state index in [1.165, 1.54) is 6.07 Å². The zero-order chi connectivity index (χ0) is 22.5. The molecule has 2 rings (SSSR count). The first kappa shape index (κ1) is 23.4. The highest BCUT2D eigenvalue weighted by molar-refractivity contribution is 5.94. The van der Waals surface area contributed by atoms with Crippen molar-refractivity contribution in [2.24, 2.45) is 11.7 Å². The quantitative estimate of drug-likeness (QED) is 0.661. The highest BCUT2D eigenvalue weighted by Gasteiger charge is 2.23. The van der Waals surface area contributed by atoms with E-state index >= 15 is 0 Å². The first-order chi connectivity index (χ1) is 14.0. The van der Waals surface area contributed by atoms with Crippen LogP contribution in [0.5, 0.6) is 0 Å². The molecule has 6 heteroatoms. The van der Waals surface area contributed by atoms with Crippen LogP contribution >= 0.6 is 0 Å². The van der Waals surface area contributed by atoms with Crippen molar-refractivity contribution in [1.29, 1.82) is 0 Å². The minimum atomic E-state index is -0.603. The third kappa shape index (κ3) is 6.87. The van der Waals surface area contributed by atoms with Crippen LogP contribution in [0, 0.1) is 11.7 Å². The first-order valence-corrected chi connectivity index (χ1v) is 10.1. The highest BCUT2D eigenvalue weighted by Crippen LogP contribution is 2.25. The van der Waals surface area contributed by atoms with Gasteiger partial charge in [-0.05, 0) is 62.4 Å². The third-order valence-electron chi connectivity index (χ3n) is 4.49. The lowest BCUT2D eigenvalue weighted by atomic mass is 10.0. The maximum absolute atomic E-state index is 14.9. The van der Waals surface area contributed by atoms with Gasteiger partial charge < -0.3 is 15.4 Å². The van der Waals surface area contributed by atoms with Gasteiger partial charge in [0, 0.05) is 24.2 Å². The fourth-order valence-corrected chi connectivity index (χ4v) is 2.93. The molecule has 0 fully saturated rings. The highest BCUT2D eigenvalue weighted by atomic mass is 19.1. The Morgan fingerprint density at radius 2 is 1.83 bits per heavy atom. The van der Waals surface area contributed by atoms with Crippen LogP contribution in [0.25, 0.3) is 11.1 Å². The molecule has 0 atom stereocenters. The van der Waals surface area contributed by atoms with Crippen molar-refractivity contribution in [2.75, 3.05) is 6.54 Å². The SMILES string of the molecule is CC(C)CCN(Cc1ccc(-c2cccc(C(N)=O)c2)c(F)c1)C(=O)OC(C)(C)C. The summed E-state index contributed by atoms with van der Waals surface area (Å²) in [6.07, 6.45) is 0.404. The Hall–Kier alpha value is -2.89. The second kappa shape index (κ2) is 9.74. The van der Waals surface area contributed by atoms with Crippen molar-refractivity contribution in [1.82, 2.24) is 4.90 Å². The number of hydrogen-bond acceptors (Lipinski definition) is 3. The lowest BCUT2D eigenvalue weighted by molar-refractivity contribution is 0.0225. The number of carbonyl (C=O) groups excluding carboxylic acids is 2. The average Bonchev–Trinajstić information content (AvgIpc) is 2.63. The molecule has 2 aromatic rings. The average molecular weight is 415 g/mol. The predicted octanol–water partition coefficient (Wildman–Crippen LogP) is 5.37. The number of halogens is 1. The van der Waals surface area contributed by atoms with E-state index in [2.05, 4.69) is 13.8 Å². The van der Waals surface area contributed by atoms with E-state index in [1.807, 2.05) is 20.8 Å². The van der Waals surface area contributed by atoms with Crippen LogP contribution in [0.2, 0.25) is 0 Å². The topological polar surface area (TPSA) is 72.6 Å². The second-order valence-corrected chi connectivity index (χ2v) is 8.84. The standard InChI is InChI=1S/C24H31FN2O3/c1-16(2)11-12-27(23(29)30-24(3,4)5)15-17-9-10-20(21(25)13-17)18-7-6-8-19(14-18)22(26)28/h6-10,13-14,16H,11-12,15H2,1-5H3,(H2,26,28). The number of benzene rings is 2. The monoisotopic (exact) mass is 414 g/mol.